The minimum atomic E-state index is -0.544. The van der Waals surface area contributed by atoms with Crippen molar-refractivity contribution in [2.45, 2.75) is 6.92 Å². The summed E-state index contributed by atoms with van der Waals surface area (Å²) < 4.78 is 10.2. The van der Waals surface area contributed by atoms with E-state index in [4.69, 9.17) is 9.47 Å². The van der Waals surface area contributed by atoms with Gasteiger partial charge >= 0.3 is 11.9 Å². The van der Waals surface area contributed by atoms with Gasteiger partial charge in [-0.25, -0.2) is 14.6 Å². The van der Waals surface area contributed by atoms with Gasteiger partial charge in [0.15, 0.2) is 0 Å². The molecule has 1 amide bonds. The zero-order valence-electron chi connectivity index (χ0n) is 16.8. The molecule has 3 rings (SSSR count). The lowest BCUT2D eigenvalue weighted by Crippen LogP contribution is -2.10. The molecular weight excluding hydrogens is 396 g/mol. The number of ether oxygens (including phenoxy) is 2. The fraction of sp³-hybridized carbons (Fsp3) is 0.0833. The molecule has 0 unspecified atom stereocenters. The Morgan fingerprint density at radius 1 is 0.935 bits per heavy atom. The van der Waals surface area contributed by atoms with Crippen molar-refractivity contribution in [3.63, 3.8) is 0 Å². The summed E-state index contributed by atoms with van der Waals surface area (Å²) in [5.74, 6) is -0.903. The number of benzene rings is 2. The number of anilines is 1. The van der Waals surface area contributed by atoms with Crippen molar-refractivity contribution in [3.05, 3.63) is 95.8 Å². The number of nitrogens with one attached hydrogen (secondary N) is 1. The van der Waals surface area contributed by atoms with Crippen LogP contribution in [-0.2, 0) is 9.53 Å². The molecule has 0 aliphatic carbocycles. The van der Waals surface area contributed by atoms with Crippen LogP contribution >= 0.6 is 0 Å². The Balaban J connectivity index is 1.53. The van der Waals surface area contributed by atoms with Gasteiger partial charge in [-0.15, -0.1) is 0 Å². The van der Waals surface area contributed by atoms with Crippen LogP contribution in [0.1, 0.15) is 33.3 Å². The van der Waals surface area contributed by atoms with Crippen molar-refractivity contribution in [1.82, 2.24) is 4.98 Å². The van der Waals surface area contributed by atoms with E-state index >= 15 is 0 Å². The Bertz CT molecular complexity index is 1080. The first-order chi connectivity index (χ1) is 15.0. The van der Waals surface area contributed by atoms with E-state index in [-0.39, 0.29) is 11.6 Å². The van der Waals surface area contributed by atoms with Crippen molar-refractivity contribution in [2.75, 3.05) is 11.9 Å². The molecule has 31 heavy (non-hydrogen) atoms. The van der Waals surface area contributed by atoms with Crippen LogP contribution in [0.25, 0.3) is 6.08 Å². The van der Waals surface area contributed by atoms with Crippen LogP contribution in [-0.4, -0.2) is 29.4 Å². The average molecular weight is 416 g/mol. The Labute approximate surface area is 179 Å². The highest BCUT2D eigenvalue weighted by atomic mass is 16.5. The second-order valence-corrected chi connectivity index (χ2v) is 6.29. The first-order valence-electron chi connectivity index (χ1n) is 9.54. The van der Waals surface area contributed by atoms with Crippen molar-refractivity contribution in [3.8, 4) is 5.75 Å². The fourth-order valence-electron chi connectivity index (χ4n) is 2.55. The molecule has 0 fully saturated rings. The standard InChI is InChI=1S/C24H20N2O5/c1-2-30-23(28)18-9-11-19(12-10-18)26-22(27)15-8-17-6-13-20(14-7-17)31-24(29)21-5-3-4-16-25-21/h3-16H,2H2,1H3,(H,26,27). The van der Waals surface area contributed by atoms with E-state index in [0.29, 0.717) is 23.6 Å². The summed E-state index contributed by atoms with van der Waals surface area (Å²) in [6.45, 7) is 2.04. The lowest BCUT2D eigenvalue weighted by atomic mass is 10.2. The third-order valence-electron chi connectivity index (χ3n) is 4.06. The van der Waals surface area contributed by atoms with E-state index in [2.05, 4.69) is 10.3 Å². The lowest BCUT2D eigenvalue weighted by Gasteiger charge is -2.05. The highest BCUT2D eigenvalue weighted by Crippen LogP contribution is 2.15. The van der Waals surface area contributed by atoms with Gasteiger partial charge in [-0.05, 0) is 67.1 Å². The molecule has 0 bridgehead atoms. The molecule has 2 aromatic carbocycles. The number of pyridine rings is 1. The largest absolute Gasteiger partial charge is 0.462 e. The van der Waals surface area contributed by atoms with Crippen LogP contribution in [0.4, 0.5) is 5.69 Å². The number of hydrogen-bond donors (Lipinski definition) is 1. The molecule has 3 aromatic rings. The number of amides is 1. The molecule has 0 saturated carbocycles. The van der Waals surface area contributed by atoms with Crippen molar-refractivity contribution in [2.24, 2.45) is 0 Å². The zero-order chi connectivity index (χ0) is 22.1. The molecule has 7 heteroatoms. The first-order valence-corrected chi connectivity index (χ1v) is 9.54. The summed E-state index contributed by atoms with van der Waals surface area (Å²) in [6.07, 6.45) is 4.53. The second-order valence-electron chi connectivity index (χ2n) is 6.29. The van der Waals surface area contributed by atoms with Gasteiger partial charge in [0, 0.05) is 18.0 Å². The maximum atomic E-state index is 12.1. The molecule has 0 aliphatic heterocycles. The summed E-state index contributed by atoms with van der Waals surface area (Å²) in [5, 5.41) is 2.71. The van der Waals surface area contributed by atoms with Gasteiger partial charge in [0.1, 0.15) is 11.4 Å². The van der Waals surface area contributed by atoms with Gasteiger partial charge in [0.05, 0.1) is 12.2 Å². The third kappa shape index (κ3) is 6.37. The minimum absolute atomic E-state index is 0.221. The maximum absolute atomic E-state index is 12.1. The van der Waals surface area contributed by atoms with Crippen LogP contribution in [0.5, 0.6) is 5.75 Å². The highest BCUT2D eigenvalue weighted by Gasteiger charge is 2.09. The quantitative estimate of drug-likeness (QED) is 0.354. The molecular formula is C24H20N2O5. The van der Waals surface area contributed by atoms with E-state index in [1.165, 1.54) is 12.3 Å². The van der Waals surface area contributed by atoms with Crippen LogP contribution in [0.3, 0.4) is 0 Å². The highest BCUT2D eigenvalue weighted by molar-refractivity contribution is 6.02. The normalized spacial score (nSPS) is 10.5. The number of hydrogen-bond acceptors (Lipinski definition) is 6. The summed E-state index contributed by atoms with van der Waals surface area (Å²) in [4.78, 5) is 39.7. The van der Waals surface area contributed by atoms with Gasteiger partial charge in [-0.3, -0.25) is 4.79 Å². The number of aromatic nitrogens is 1. The smallest absolute Gasteiger partial charge is 0.362 e. The fourth-order valence-corrected chi connectivity index (χ4v) is 2.55. The SMILES string of the molecule is CCOC(=O)c1ccc(NC(=O)C=Cc2ccc(OC(=O)c3ccccn3)cc2)cc1. The number of carbonyl (C=O) groups excluding carboxylic acids is 3. The molecule has 1 N–H and O–H groups in total. The number of esters is 2. The van der Waals surface area contributed by atoms with E-state index in [1.807, 2.05) is 0 Å². The predicted molar refractivity (Wildman–Crippen MR) is 116 cm³/mol. The monoisotopic (exact) mass is 416 g/mol. The van der Waals surface area contributed by atoms with Crippen molar-refractivity contribution >= 4 is 29.6 Å². The van der Waals surface area contributed by atoms with Crippen molar-refractivity contribution < 1.29 is 23.9 Å². The topological polar surface area (TPSA) is 94.6 Å². The summed E-state index contributed by atoms with van der Waals surface area (Å²) in [5.41, 5.74) is 1.95. The lowest BCUT2D eigenvalue weighted by molar-refractivity contribution is -0.111. The maximum Gasteiger partial charge on any atom is 0.362 e. The molecule has 156 valence electrons. The third-order valence-corrected chi connectivity index (χ3v) is 4.06. The van der Waals surface area contributed by atoms with Gasteiger partial charge in [0.2, 0.25) is 5.91 Å². The Kier molecular flexibility index (Phi) is 7.26. The molecule has 0 aliphatic rings. The molecule has 1 aromatic heterocycles. The van der Waals surface area contributed by atoms with E-state index < -0.39 is 11.9 Å². The average Bonchev–Trinajstić information content (AvgIpc) is 2.80. The second kappa shape index (κ2) is 10.5. The van der Waals surface area contributed by atoms with Crippen LogP contribution < -0.4 is 10.1 Å². The molecule has 7 nitrogen and oxygen atoms in total. The zero-order valence-corrected chi connectivity index (χ0v) is 16.8. The molecule has 0 spiro atoms. The summed E-state index contributed by atoms with van der Waals surface area (Å²) in [7, 11) is 0. The molecule has 0 atom stereocenters. The molecule has 0 radical (unpaired) electrons. The Morgan fingerprint density at radius 2 is 1.68 bits per heavy atom. The van der Waals surface area contributed by atoms with Crippen molar-refractivity contribution in [1.29, 1.82) is 0 Å². The first kappa shape index (κ1) is 21.4. The van der Waals surface area contributed by atoms with Crippen LogP contribution in [0.15, 0.2) is 79.0 Å². The van der Waals surface area contributed by atoms with Crippen LogP contribution in [0, 0.1) is 0 Å². The Morgan fingerprint density at radius 3 is 2.32 bits per heavy atom. The minimum Gasteiger partial charge on any atom is -0.462 e. The van der Waals surface area contributed by atoms with Crippen LogP contribution in [0.2, 0.25) is 0 Å². The van der Waals surface area contributed by atoms with Gasteiger partial charge in [-0.2, -0.15) is 0 Å². The number of nitrogens with zero attached hydrogens (tertiary/aromatic N) is 1. The summed E-state index contributed by atoms with van der Waals surface area (Å²) >= 11 is 0. The number of rotatable bonds is 7. The Hall–Kier alpha value is -4.26. The van der Waals surface area contributed by atoms with E-state index in [1.54, 1.807) is 79.7 Å². The van der Waals surface area contributed by atoms with E-state index in [0.717, 1.165) is 5.56 Å². The van der Waals surface area contributed by atoms with Gasteiger partial charge < -0.3 is 14.8 Å². The van der Waals surface area contributed by atoms with E-state index in [9.17, 15) is 14.4 Å². The number of carbonyl (C=O) groups is 3. The molecule has 1 heterocycles. The van der Waals surface area contributed by atoms with Gasteiger partial charge in [0.25, 0.3) is 0 Å². The molecule has 0 saturated heterocycles. The summed E-state index contributed by atoms with van der Waals surface area (Å²) in [6, 6.07) is 18.1. The van der Waals surface area contributed by atoms with Gasteiger partial charge in [-0.1, -0.05) is 18.2 Å². The predicted octanol–water partition coefficient (Wildman–Crippen LogP) is 4.13.